The highest BCUT2D eigenvalue weighted by Gasteiger charge is 2.21. The van der Waals surface area contributed by atoms with Crippen LogP contribution in [0.4, 0.5) is 11.4 Å². The number of thioether (sulfide) groups is 1. The van der Waals surface area contributed by atoms with Crippen LogP contribution in [0.15, 0.2) is 17.0 Å². The Bertz CT molecular complexity index is 342. The van der Waals surface area contributed by atoms with Crippen LogP contribution in [-0.2, 0) is 0 Å². The van der Waals surface area contributed by atoms with Gasteiger partial charge in [-0.25, -0.2) is 0 Å². The Kier molecular flexibility index (Phi) is 1.97. The molecule has 1 aromatic carbocycles. The molecule has 1 aliphatic rings. The molecule has 0 saturated heterocycles. The molecule has 0 saturated carbocycles. The first kappa shape index (κ1) is 8.52. The van der Waals surface area contributed by atoms with Crippen LogP contribution in [0.3, 0.4) is 0 Å². The first-order valence-electron chi connectivity index (χ1n) is 3.91. The lowest BCUT2D eigenvalue weighted by Crippen LogP contribution is -2.32. The molecule has 6 N–H and O–H groups in total. The summed E-state index contributed by atoms with van der Waals surface area (Å²) in [4.78, 5) is 0.904. The van der Waals surface area contributed by atoms with Gasteiger partial charge in [0.25, 0.3) is 0 Å². The van der Waals surface area contributed by atoms with Crippen LogP contribution in [0.25, 0.3) is 0 Å². The lowest BCUT2D eigenvalue weighted by atomic mass is 10.2. The number of rotatable bonds is 0. The molecule has 0 bridgehead atoms. The number of benzene rings is 1. The number of nitrogens with two attached hydrogens (primary N) is 3. The van der Waals surface area contributed by atoms with Gasteiger partial charge in [0.2, 0.25) is 0 Å². The highest BCUT2D eigenvalue weighted by Crippen LogP contribution is 2.42. The number of anilines is 2. The van der Waals surface area contributed by atoms with Crippen molar-refractivity contribution in [2.24, 2.45) is 5.73 Å². The van der Waals surface area contributed by atoms with E-state index in [-0.39, 0.29) is 6.23 Å². The summed E-state index contributed by atoms with van der Waals surface area (Å²) in [6.45, 7) is 0. The molecule has 0 amide bonds. The Morgan fingerprint density at radius 1 is 1.31 bits per heavy atom. The fourth-order valence-electron chi connectivity index (χ4n) is 1.21. The number of hydrogen-bond donors (Lipinski definition) is 3. The molecule has 5 heteroatoms. The van der Waals surface area contributed by atoms with E-state index in [1.54, 1.807) is 23.9 Å². The normalized spacial score (nSPS) is 20.5. The molecule has 0 spiro atoms. The van der Waals surface area contributed by atoms with Gasteiger partial charge in [-0.1, -0.05) is 0 Å². The van der Waals surface area contributed by atoms with Crippen molar-refractivity contribution in [1.29, 1.82) is 0 Å². The van der Waals surface area contributed by atoms with Gasteiger partial charge in [-0.15, -0.1) is 11.8 Å². The molecule has 70 valence electrons. The van der Waals surface area contributed by atoms with Gasteiger partial charge in [0, 0.05) is 11.4 Å². The number of nitrogen functional groups attached to an aromatic ring is 2. The maximum absolute atomic E-state index is 5.76. The second-order valence-electron chi connectivity index (χ2n) is 2.87. The van der Waals surface area contributed by atoms with Crippen molar-refractivity contribution < 1.29 is 4.74 Å². The smallest absolute Gasteiger partial charge is 0.160 e. The van der Waals surface area contributed by atoms with Crippen LogP contribution >= 0.6 is 11.8 Å². The Balaban J connectivity index is 2.51. The summed E-state index contributed by atoms with van der Waals surface area (Å²) in [5, 5.41) is 0. The maximum Gasteiger partial charge on any atom is 0.160 e. The molecule has 0 fully saturated rings. The van der Waals surface area contributed by atoms with Gasteiger partial charge in [0.1, 0.15) is 0 Å². The lowest BCUT2D eigenvalue weighted by molar-refractivity contribution is 0.225. The summed E-state index contributed by atoms with van der Waals surface area (Å²) >= 11 is 1.58. The minimum atomic E-state index is -0.290. The molecule has 0 aliphatic carbocycles. The summed E-state index contributed by atoms with van der Waals surface area (Å²) in [6, 6.07) is 3.51. The summed E-state index contributed by atoms with van der Waals surface area (Å²) in [5.41, 5.74) is 18.4. The molecule has 13 heavy (non-hydrogen) atoms. The third-order valence-corrected chi connectivity index (χ3v) is 3.04. The maximum atomic E-state index is 5.76. The summed E-state index contributed by atoms with van der Waals surface area (Å²) in [5.74, 6) is 1.34. The monoisotopic (exact) mass is 197 g/mol. The molecular weight excluding hydrogens is 186 g/mol. The molecule has 0 radical (unpaired) electrons. The molecule has 1 aromatic rings. The molecule has 1 unspecified atom stereocenters. The van der Waals surface area contributed by atoms with Crippen molar-refractivity contribution in [1.82, 2.24) is 0 Å². The largest absolute Gasteiger partial charge is 0.471 e. The van der Waals surface area contributed by atoms with Crippen molar-refractivity contribution in [3.05, 3.63) is 12.1 Å². The fraction of sp³-hybridized carbons (Fsp3) is 0.250. The van der Waals surface area contributed by atoms with Crippen molar-refractivity contribution >= 4 is 23.1 Å². The van der Waals surface area contributed by atoms with E-state index < -0.39 is 0 Å². The van der Waals surface area contributed by atoms with E-state index in [0.717, 1.165) is 4.90 Å². The molecule has 4 nitrogen and oxygen atoms in total. The van der Waals surface area contributed by atoms with Crippen LogP contribution in [0.2, 0.25) is 0 Å². The van der Waals surface area contributed by atoms with E-state index in [2.05, 4.69) is 0 Å². The summed E-state index contributed by atoms with van der Waals surface area (Å²) in [6.07, 6.45) is -0.290. The van der Waals surface area contributed by atoms with Crippen LogP contribution in [0.5, 0.6) is 5.75 Å². The summed E-state index contributed by atoms with van der Waals surface area (Å²) in [7, 11) is 0. The number of fused-ring (bicyclic) bond motifs is 1. The van der Waals surface area contributed by atoms with Gasteiger partial charge in [-0.3, -0.25) is 5.73 Å². The second-order valence-corrected chi connectivity index (χ2v) is 3.90. The minimum Gasteiger partial charge on any atom is -0.471 e. The molecular formula is C8H11N3OS. The fourth-order valence-corrected chi connectivity index (χ4v) is 2.15. The van der Waals surface area contributed by atoms with Crippen molar-refractivity contribution in [3.63, 3.8) is 0 Å². The van der Waals surface area contributed by atoms with E-state index in [0.29, 0.717) is 22.9 Å². The Morgan fingerprint density at radius 3 is 2.77 bits per heavy atom. The SMILES string of the molecule is Nc1ccc(N)c2c1OC(N)CS2. The van der Waals surface area contributed by atoms with E-state index >= 15 is 0 Å². The van der Waals surface area contributed by atoms with Crippen molar-refractivity contribution in [2.45, 2.75) is 11.1 Å². The zero-order chi connectivity index (χ0) is 9.42. The van der Waals surface area contributed by atoms with E-state index in [4.69, 9.17) is 21.9 Å². The first-order chi connectivity index (χ1) is 6.18. The van der Waals surface area contributed by atoms with Gasteiger partial charge >= 0.3 is 0 Å². The highest BCUT2D eigenvalue weighted by atomic mass is 32.2. The average molecular weight is 197 g/mol. The molecule has 2 rings (SSSR count). The molecule has 1 heterocycles. The number of ether oxygens (including phenoxy) is 1. The Morgan fingerprint density at radius 2 is 2.00 bits per heavy atom. The highest BCUT2D eigenvalue weighted by molar-refractivity contribution is 7.99. The zero-order valence-electron chi connectivity index (χ0n) is 6.99. The third kappa shape index (κ3) is 1.40. The number of hydrogen-bond acceptors (Lipinski definition) is 5. The van der Waals surface area contributed by atoms with E-state index in [1.807, 2.05) is 0 Å². The lowest BCUT2D eigenvalue weighted by Gasteiger charge is -2.24. The van der Waals surface area contributed by atoms with Crippen molar-refractivity contribution in [2.75, 3.05) is 17.2 Å². The summed E-state index contributed by atoms with van der Waals surface area (Å²) < 4.78 is 5.40. The van der Waals surface area contributed by atoms with Crippen molar-refractivity contribution in [3.8, 4) is 5.75 Å². The standard InChI is InChI=1S/C8H11N3OS/c9-4-1-2-5(10)8-7(4)12-6(11)3-13-8/h1-2,6H,3,9-11H2. The first-order valence-corrected chi connectivity index (χ1v) is 4.90. The minimum absolute atomic E-state index is 0.290. The second kappa shape index (κ2) is 3.01. The molecule has 1 aliphatic heterocycles. The third-order valence-electron chi connectivity index (χ3n) is 1.83. The zero-order valence-corrected chi connectivity index (χ0v) is 7.80. The average Bonchev–Trinajstić information content (AvgIpc) is 2.12. The van der Waals surface area contributed by atoms with Crippen LogP contribution in [-0.4, -0.2) is 12.0 Å². The molecule has 0 aromatic heterocycles. The van der Waals surface area contributed by atoms with Crippen LogP contribution in [0, 0.1) is 0 Å². The predicted octanol–water partition coefficient (Wildman–Crippen LogP) is 0.620. The van der Waals surface area contributed by atoms with E-state index in [1.165, 1.54) is 0 Å². The van der Waals surface area contributed by atoms with Gasteiger partial charge in [0.15, 0.2) is 12.0 Å². The van der Waals surface area contributed by atoms with Gasteiger partial charge in [-0.05, 0) is 12.1 Å². The Hall–Kier alpha value is -1.07. The van der Waals surface area contributed by atoms with Gasteiger partial charge in [0.05, 0.1) is 10.6 Å². The molecule has 1 atom stereocenters. The Labute approximate surface area is 80.4 Å². The quantitative estimate of drug-likeness (QED) is 0.531. The predicted molar refractivity (Wildman–Crippen MR) is 54.6 cm³/mol. The van der Waals surface area contributed by atoms with E-state index in [9.17, 15) is 0 Å². The van der Waals surface area contributed by atoms with Crippen LogP contribution in [0.1, 0.15) is 0 Å². The topological polar surface area (TPSA) is 87.3 Å². The van der Waals surface area contributed by atoms with Crippen LogP contribution < -0.4 is 21.9 Å². The van der Waals surface area contributed by atoms with Gasteiger partial charge in [-0.2, -0.15) is 0 Å². The van der Waals surface area contributed by atoms with Gasteiger partial charge < -0.3 is 16.2 Å².